The third-order valence-corrected chi connectivity index (χ3v) is 7.56. The smallest absolute Gasteiger partial charge is 0.166 e. The molecule has 4 heteroatoms. The molecule has 0 atom stereocenters. The van der Waals surface area contributed by atoms with Gasteiger partial charge in [0.2, 0.25) is 0 Å². The second-order valence-corrected chi connectivity index (χ2v) is 9.92. The van der Waals surface area contributed by atoms with Crippen LogP contribution in [0.3, 0.4) is 0 Å². The van der Waals surface area contributed by atoms with E-state index in [4.69, 9.17) is 0 Å². The molecule has 4 rings (SSSR count). The Morgan fingerprint density at radius 1 is 0.722 bits per heavy atom. The highest BCUT2D eigenvalue weighted by Gasteiger charge is 2.26. The van der Waals surface area contributed by atoms with Crippen molar-refractivity contribution in [3.05, 3.63) is 95.1 Å². The van der Waals surface area contributed by atoms with Gasteiger partial charge in [-0.25, -0.2) is 17.6 Å². The first-order valence-electron chi connectivity index (χ1n) is 13.1. The van der Waals surface area contributed by atoms with Crippen molar-refractivity contribution in [2.75, 3.05) is 0 Å². The number of aryl methyl sites for hydroxylation is 1. The number of rotatable bonds is 8. The van der Waals surface area contributed by atoms with E-state index in [2.05, 4.69) is 12.2 Å². The molecule has 36 heavy (non-hydrogen) atoms. The number of halogens is 4. The Morgan fingerprint density at radius 3 is 1.89 bits per heavy atom. The molecule has 0 radical (unpaired) electrons. The van der Waals surface area contributed by atoms with Gasteiger partial charge in [-0.2, -0.15) is 0 Å². The van der Waals surface area contributed by atoms with Crippen LogP contribution in [-0.2, 0) is 6.42 Å². The van der Waals surface area contributed by atoms with Gasteiger partial charge in [0.05, 0.1) is 0 Å². The van der Waals surface area contributed by atoms with Crippen LogP contribution in [0.2, 0.25) is 0 Å². The van der Waals surface area contributed by atoms with E-state index in [1.165, 1.54) is 0 Å². The van der Waals surface area contributed by atoms with Crippen molar-refractivity contribution in [1.82, 2.24) is 0 Å². The summed E-state index contributed by atoms with van der Waals surface area (Å²) in [6.07, 6.45) is 11.5. The predicted octanol–water partition coefficient (Wildman–Crippen LogP) is 10.2. The van der Waals surface area contributed by atoms with Crippen LogP contribution in [0.5, 0.6) is 0 Å². The average molecular weight is 495 g/mol. The Labute approximate surface area is 212 Å². The summed E-state index contributed by atoms with van der Waals surface area (Å²) in [5.41, 5.74) is 2.13. The fourth-order valence-corrected chi connectivity index (χ4v) is 5.47. The number of hydrogen-bond acceptors (Lipinski definition) is 0. The summed E-state index contributed by atoms with van der Waals surface area (Å²) in [6, 6.07) is 13.0. The molecule has 0 nitrogen and oxygen atoms in total. The monoisotopic (exact) mass is 494 g/mol. The maximum atomic E-state index is 15.2. The summed E-state index contributed by atoms with van der Waals surface area (Å²) in [6.45, 7) is 3.94. The zero-order valence-corrected chi connectivity index (χ0v) is 21.1. The van der Waals surface area contributed by atoms with Crippen molar-refractivity contribution in [3.8, 4) is 22.3 Å². The fraction of sp³-hybridized carbons (Fsp3) is 0.375. The lowest BCUT2D eigenvalue weighted by molar-refractivity contribution is 0.306. The van der Waals surface area contributed by atoms with Crippen LogP contribution in [-0.4, -0.2) is 0 Å². The number of allylic oxidation sites excluding steroid dienone is 2. The van der Waals surface area contributed by atoms with Gasteiger partial charge in [0, 0.05) is 11.1 Å². The van der Waals surface area contributed by atoms with Gasteiger partial charge in [0.25, 0.3) is 0 Å². The average Bonchev–Trinajstić information content (AvgIpc) is 2.90. The molecule has 3 aromatic carbocycles. The summed E-state index contributed by atoms with van der Waals surface area (Å²) in [7, 11) is 0. The van der Waals surface area contributed by atoms with Crippen LogP contribution in [0.15, 0.2) is 60.7 Å². The van der Waals surface area contributed by atoms with E-state index < -0.39 is 23.3 Å². The van der Waals surface area contributed by atoms with Crippen molar-refractivity contribution >= 4 is 0 Å². The van der Waals surface area contributed by atoms with Crippen LogP contribution in [0, 0.1) is 29.2 Å². The van der Waals surface area contributed by atoms with Crippen molar-refractivity contribution in [2.24, 2.45) is 5.92 Å². The fourth-order valence-electron chi connectivity index (χ4n) is 5.47. The highest BCUT2D eigenvalue weighted by Crippen LogP contribution is 2.40. The molecule has 1 aliphatic carbocycles. The molecule has 190 valence electrons. The molecule has 0 heterocycles. The Bertz CT molecular complexity index is 1200. The van der Waals surface area contributed by atoms with E-state index in [9.17, 15) is 8.78 Å². The molecule has 1 saturated carbocycles. The van der Waals surface area contributed by atoms with Crippen LogP contribution in [0.4, 0.5) is 17.6 Å². The maximum absolute atomic E-state index is 15.2. The molecule has 0 N–H and O–H groups in total. The van der Waals surface area contributed by atoms with E-state index >= 15 is 8.78 Å². The summed E-state index contributed by atoms with van der Waals surface area (Å²) < 4.78 is 59.3. The molecule has 0 bridgehead atoms. The summed E-state index contributed by atoms with van der Waals surface area (Å²) in [5, 5.41) is 0. The molecule has 1 aliphatic rings. The highest BCUT2D eigenvalue weighted by atomic mass is 19.2. The second-order valence-electron chi connectivity index (χ2n) is 9.92. The lowest BCUT2D eigenvalue weighted by atomic mass is 9.77. The molecular formula is C32H34F4. The first-order chi connectivity index (χ1) is 17.4. The minimum atomic E-state index is -0.883. The van der Waals surface area contributed by atoms with E-state index in [-0.39, 0.29) is 17.0 Å². The largest absolute Gasteiger partial charge is 0.203 e. The lowest BCUT2D eigenvalue weighted by Gasteiger charge is -2.29. The van der Waals surface area contributed by atoms with Crippen molar-refractivity contribution in [3.63, 3.8) is 0 Å². The van der Waals surface area contributed by atoms with Gasteiger partial charge < -0.3 is 0 Å². The van der Waals surface area contributed by atoms with Crippen molar-refractivity contribution in [1.29, 1.82) is 0 Å². The van der Waals surface area contributed by atoms with Crippen molar-refractivity contribution in [2.45, 2.75) is 71.1 Å². The molecule has 3 aromatic rings. The lowest BCUT2D eigenvalue weighted by Crippen LogP contribution is -2.15. The van der Waals surface area contributed by atoms with Crippen LogP contribution >= 0.6 is 0 Å². The SMILES string of the molecule is C/C=C/CCC1CCC(c2ccc(-c3ccc(-c4ccc(CCC)c(F)c4F)cc3)c(F)c2F)CC1. The maximum Gasteiger partial charge on any atom is 0.166 e. The highest BCUT2D eigenvalue weighted by molar-refractivity contribution is 5.71. The summed E-state index contributed by atoms with van der Waals surface area (Å²) >= 11 is 0. The Hall–Kier alpha value is -2.88. The van der Waals surface area contributed by atoms with E-state index in [0.717, 1.165) is 44.9 Å². The zero-order valence-electron chi connectivity index (χ0n) is 21.1. The molecule has 0 spiro atoms. The quantitative estimate of drug-likeness (QED) is 0.216. The van der Waals surface area contributed by atoms with E-state index in [0.29, 0.717) is 34.6 Å². The first kappa shape index (κ1) is 26.2. The van der Waals surface area contributed by atoms with Gasteiger partial charge in [-0.05, 0) is 86.0 Å². The van der Waals surface area contributed by atoms with Gasteiger partial charge in [-0.15, -0.1) is 0 Å². The van der Waals surface area contributed by atoms with Crippen molar-refractivity contribution < 1.29 is 17.6 Å². The molecule has 0 unspecified atom stereocenters. The molecule has 1 fully saturated rings. The van der Waals surface area contributed by atoms with Gasteiger partial charge >= 0.3 is 0 Å². The molecule has 0 saturated heterocycles. The van der Waals surface area contributed by atoms with Crippen LogP contribution in [0.25, 0.3) is 22.3 Å². The van der Waals surface area contributed by atoms with E-state index in [1.54, 1.807) is 48.5 Å². The van der Waals surface area contributed by atoms with Gasteiger partial charge in [0.1, 0.15) is 0 Å². The minimum absolute atomic E-state index is 0.0439. The normalized spacial score (nSPS) is 18.2. The van der Waals surface area contributed by atoms with Crippen LogP contribution in [0.1, 0.15) is 75.8 Å². The third-order valence-electron chi connectivity index (χ3n) is 7.56. The Balaban J connectivity index is 1.50. The summed E-state index contributed by atoms with van der Waals surface area (Å²) in [4.78, 5) is 0. The Kier molecular flexibility index (Phi) is 8.66. The first-order valence-corrected chi connectivity index (χ1v) is 13.1. The second kappa shape index (κ2) is 11.9. The minimum Gasteiger partial charge on any atom is -0.203 e. The zero-order chi connectivity index (χ0) is 25.7. The number of benzene rings is 3. The molecule has 0 aromatic heterocycles. The van der Waals surface area contributed by atoms with Gasteiger partial charge in [0.15, 0.2) is 23.3 Å². The number of hydrogen-bond donors (Lipinski definition) is 0. The third kappa shape index (κ3) is 5.58. The molecule has 0 amide bonds. The van der Waals surface area contributed by atoms with Gasteiger partial charge in [-0.1, -0.05) is 74.0 Å². The predicted molar refractivity (Wildman–Crippen MR) is 140 cm³/mol. The standard InChI is InChI=1S/C32H34F4/c1-3-5-6-8-21-9-11-22(12-10-21)27-19-20-28(32(36)31(27)35)24-15-13-23(14-16-24)26-18-17-25(7-4-2)29(33)30(26)34/h3,5,13-22H,4,6-12H2,1-2H3/b5-3+. The Morgan fingerprint density at radius 2 is 1.31 bits per heavy atom. The summed E-state index contributed by atoms with van der Waals surface area (Å²) in [5.74, 6) is -2.63. The molecule has 0 aliphatic heterocycles. The van der Waals surface area contributed by atoms with E-state index in [1.807, 2.05) is 13.8 Å². The van der Waals surface area contributed by atoms with Crippen LogP contribution < -0.4 is 0 Å². The molecular weight excluding hydrogens is 460 g/mol. The topological polar surface area (TPSA) is 0 Å². The van der Waals surface area contributed by atoms with Gasteiger partial charge in [-0.3, -0.25) is 0 Å².